The molecule has 0 radical (unpaired) electrons. The van der Waals surface area contributed by atoms with Crippen LogP contribution < -0.4 is 33.8 Å². The number of carbonyl (C=O) groups excluding carboxylic acids is 1. The van der Waals surface area contributed by atoms with Gasteiger partial charge in [0.15, 0.2) is 28.4 Å². The van der Waals surface area contributed by atoms with E-state index in [-0.39, 0.29) is 22.3 Å². The SMILES string of the molecule is COc1cc(C(=O)Oc2ccc3c(=O)c(-c4ccc5c(c4)OCCO5)coc3c2)cc(OC)c1OC. The summed E-state index contributed by atoms with van der Waals surface area (Å²) in [5, 5.41) is 0.343. The molecule has 9 nitrogen and oxygen atoms in total. The Labute approximate surface area is 205 Å². The molecule has 4 aromatic rings. The lowest BCUT2D eigenvalue weighted by molar-refractivity contribution is 0.0734. The molecule has 0 N–H and O–H groups in total. The highest BCUT2D eigenvalue weighted by Crippen LogP contribution is 2.38. The third kappa shape index (κ3) is 4.15. The molecule has 2 heterocycles. The van der Waals surface area contributed by atoms with Gasteiger partial charge >= 0.3 is 5.97 Å². The Hall–Kier alpha value is -4.66. The first-order valence-corrected chi connectivity index (χ1v) is 11.0. The predicted octanol–water partition coefficient (Wildman–Crippen LogP) is 4.48. The van der Waals surface area contributed by atoms with Gasteiger partial charge < -0.3 is 32.8 Å². The zero-order chi connectivity index (χ0) is 25.2. The molecule has 0 atom stereocenters. The van der Waals surface area contributed by atoms with Gasteiger partial charge in [-0.05, 0) is 42.0 Å². The van der Waals surface area contributed by atoms with Gasteiger partial charge in [-0.3, -0.25) is 4.79 Å². The first kappa shape index (κ1) is 23.1. The van der Waals surface area contributed by atoms with Crippen LogP contribution in [0.3, 0.4) is 0 Å². The molecule has 9 heteroatoms. The molecule has 0 saturated carbocycles. The normalized spacial score (nSPS) is 12.2. The average molecular weight is 490 g/mol. The Morgan fingerprint density at radius 3 is 2.25 bits per heavy atom. The third-order valence-electron chi connectivity index (χ3n) is 5.71. The van der Waals surface area contributed by atoms with E-state index in [9.17, 15) is 9.59 Å². The van der Waals surface area contributed by atoms with Gasteiger partial charge in [0, 0.05) is 6.07 Å². The minimum atomic E-state index is -0.649. The third-order valence-corrected chi connectivity index (χ3v) is 5.71. The Morgan fingerprint density at radius 1 is 0.833 bits per heavy atom. The maximum absolute atomic E-state index is 13.2. The van der Waals surface area contributed by atoms with Gasteiger partial charge in [0.05, 0.1) is 37.8 Å². The van der Waals surface area contributed by atoms with E-state index in [2.05, 4.69) is 0 Å². The fraction of sp³-hybridized carbons (Fsp3) is 0.185. The lowest BCUT2D eigenvalue weighted by Crippen LogP contribution is -2.15. The maximum Gasteiger partial charge on any atom is 0.343 e. The number of ether oxygens (including phenoxy) is 6. The number of hydrogen-bond donors (Lipinski definition) is 0. The first-order valence-electron chi connectivity index (χ1n) is 11.0. The summed E-state index contributed by atoms with van der Waals surface area (Å²) in [6, 6.07) is 12.8. The molecule has 0 unspecified atom stereocenters. The number of fused-ring (bicyclic) bond motifs is 2. The highest BCUT2D eigenvalue weighted by atomic mass is 16.6. The van der Waals surface area contributed by atoms with Gasteiger partial charge in [-0.2, -0.15) is 0 Å². The minimum Gasteiger partial charge on any atom is -0.493 e. The van der Waals surface area contributed by atoms with Crippen molar-refractivity contribution in [3.8, 4) is 45.6 Å². The number of esters is 1. The lowest BCUT2D eigenvalue weighted by atomic mass is 10.0. The summed E-state index contributed by atoms with van der Waals surface area (Å²) >= 11 is 0. The topological polar surface area (TPSA) is 103 Å². The van der Waals surface area contributed by atoms with Crippen molar-refractivity contribution >= 4 is 16.9 Å². The van der Waals surface area contributed by atoms with E-state index in [1.165, 1.54) is 51.9 Å². The molecule has 0 spiro atoms. The van der Waals surface area contributed by atoms with Crippen molar-refractivity contribution in [3.05, 3.63) is 70.6 Å². The average Bonchev–Trinajstić information content (AvgIpc) is 2.92. The highest BCUT2D eigenvalue weighted by Gasteiger charge is 2.20. The molecule has 3 aromatic carbocycles. The molecule has 1 aromatic heterocycles. The lowest BCUT2D eigenvalue weighted by Gasteiger charge is -2.18. The van der Waals surface area contributed by atoms with Gasteiger partial charge in [-0.25, -0.2) is 4.79 Å². The number of hydrogen-bond acceptors (Lipinski definition) is 9. The van der Waals surface area contributed by atoms with Crippen LogP contribution in [-0.4, -0.2) is 40.5 Å². The van der Waals surface area contributed by atoms with Gasteiger partial charge in [0.25, 0.3) is 0 Å². The molecule has 0 aliphatic carbocycles. The van der Waals surface area contributed by atoms with Crippen molar-refractivity contribution < 1.29 is 37.6 Å². The molecular weight excluding hydrogens is 468 g/mol. The molecule has 0 fully saturated rings. The largest absolute Gasteiger partial charge is 0.493 e. The molecule has 5 rings (SSSR count). The van der Waals surface area contributed by atoms with Crippen LogP contribution in [0.1, 0.15) is 10.4 Å². The number of benzene rings is 3. The molecule has 0 bridgehead atoms. The van der Waals surface area contributed by atoms with E-state index in [0.29, 0.717) is 58.5 Å². The molecule has 1 aliphatic heterocycles. The zero-order valence-corrected chi connectivity index (χ0v) is 19.8. The van der Waals surface area contributed by atoms with Crippen LogP contribution in [0, 0.1) is 0 Å². The van der Waals surface area contributed by atoms with Crippen LogP contribution in [0.2, 0.25) is 0 Å². The van der Waals surface area contributed by atoms with E-state index in [0.717, 1.165) is 0 Å². The van der Waals surface area contributed by atoms with E-state index in [1.54, 1.807) is 24.3 Å². The molecule has 0 saturated heterocycles. The Kier molecular flexibility index (Phi) is 6.12. The zero-order valence-electron chi connectivity index (χ0n) is 19.8. The minimum absolute atomic E-state index is 0.194. The van der Waals surface area contributed by atoms with Crippen molar-refractivity contribution in [2.45, 2.75) is 0 Å². The quantitative estimate of drug-likeness (QED) is 0.286. The van der Waals surface area contributed by atoms with Crippen LogP contribution in [0.5, 0.6) is 34.5 Å². The van der Waals surface area contributed by atoms with Crippen molar-refractivity contribution in [3.63, 3.8) is 0 Å². The van der Waals surface area contributed by atoms with Crippen LogP contribution in [-0.2, 0) is 0 Å². The summed E-state index contributed by atoms with van der Waals surface area (Å²) < 4.78 is 38.3. The van der Waals surface area contributed by atoms with Crippen molar-refractivity contribution in [1.29, 1.82) is 0 Å². The van der Waals surface area contributed by atoms with Gasteiger partial charge in [0.1, 0.15) is 30.8 Å². The summed E-state index contributed by atoms with van der Waals surface area (Å²) in [7, 11) is 4.38. The molecular formula is C27H22O9. The van der Waals surface area contributed by atoms with Gasteiger partial charge in [-0.1, -0.05) is 6.07 Å². The van der Waals surface area contributed by atoms with E-state index in [4.69, 9.17) is 32.8 Å². The second kappa shape index (κ2) is 9.53. The van der Waals surface area contributed by atoms with E-state index in [1.807, 2.05) is 0 Å². The number of carbonyl (C=O) groups is 1. The fourth-order valence-corrected chi connectivity index (χ4v) is 3.95. The smallest absolute Gasteiger partial charge is 0.343 e. The molecule has 0 amide bonds. The Balaban J connectivity index is 1.44. The second-order valence-electron chi connectivity index (χ2n) is 7.80. The molecule has 184 valence electrons. The predicted molar refractivity (Wildman–Crippen MR) is 130 cm³/mol. The van der Waals surface area contributed by atoms with E-state index < -0.39 is 5.97 Å². The Bertz CT molecular complexity index is 1490. The highest BCUT2D eigenvalue weighted by molar-refractivity contribution is 5.93. The molecule has 36 heavy (non-hydrogen) atoms. The van der Waals surface area contributed by atoms with Crippen LogP contribution >= 0.6 is 0 Å². The van der Waals surface area contributed by atoms with Crippen LogP contribution in [0.25, 0.3) is 22.1 Å². The number of methoxy groups -OCH3 is 3. The van der Waals surface area contributed by atoms with Gasteiger partial charge in [-0.15, -0.1) is 0 Å². The van der Waals surface area contributed by atoms with Crippen molar-refractivity contribution in [1.82, 2.24) is 0 Å². The summed E-state index contributed by atoms with van der Waals surface area (Å²) in [5.41, 5.74) is 1.27. The Morgan fingerprint density at radius 2 is 1.56 bits per heavy atom. The van der Waals surface area contributed by atoms with Crippen LogP contribution in [0.4, 0.5) is 0 Å². The molecule has 1 aliphatic rings. The monoisotopic (exact) mass is 490 g/mol. The summed E-state index contributed by atoms with van der Waals surface area (Å²) in [6.45, 7) is 0.928. The summed E-state index contributed by atoms with van der Waals surface area (Å²) in [5.74, 6) is 1.76. The van der Waals surface area contributed by atoms with Crippen molar-refractivity contribution in [2.24, 2.45) is 0 Å². The van der Waals surface area contributed by atoms with Crippen LogP contribution in [0.15, 0.2) is 64.0 Å². The first-order chi connectivity index (χ1) is 17.5. The maximum atomic E-state index is 13.2. The van der Waals surface area contributed by atoms with Crippen molar-refractivity contribution in [2.75, 3.05) is 34.5 Å². The van der Waals surface area contributed by atoms with Gasteiger partial charge in [0.2, 0.25) is 5.75 Å². The summed E-state index contributed by atoms with van der Waals surface area (Å²) in [4.78, 5) is 26.0. The number of rotatable bonds is 6. The summed E-state index contributed by atoms with van der Waals surface area (Å²) in [6.07, 6.45) is 1.38. The fourth-order valence-electron chi connectivity index (χ4n) is 3.95. The standard InChI is InChI=1S/C27H22O9/c1-30-23-11-16(12-24(31-2)26(23)32-3)27(29)36-17-5-6-18-21(13-17)35-14-19(25(18)28)15-4-7-20-22(10-15)34-9-8-33-20/h4-7,10-14H,8-9H2,1-3H3. The second-order valence-corrected chi connectivity index (χ2v) is 7.80. The van der Waals surface area contributed by atoms with E-state index >= 15 is 0 Å².